The third-order valence-electron chi connectivity index (χ3n) is 5.52. The summed E-state index contributed by atoms with van der Waals surface area (Å²) in [6.07, 6.45) is -4.43. The van der Waals surface area contributed by atoms with Gasteiger partial charge in [-0.25, -0.2) is 4.79 Å². The number of rotatable bonds is 5. The standard InChI is InChI=1S/C24H28F3N3O2S/c1-23(2,3)17-7-5-16(6-8-17)21-30(20(31)15-33-21)14-13-29(4)22(32)28-19-11-9-18(10-12-19)24(25,26)27/h5-12,21H,13-15H2,1-4H3,(H,28,32). The normalized spacial score (nSPS) is 16.8. The Bertz CT molecular complexity index is 986. The van der Waals surface area contributed by atoms with Crippen LogP contribution in [0.15, 0.2) is 48.5 Å². The van der Waals surface area contributed by atoms with Crippen LogP contribution in [0.3, 0.4) is 0 Å². The van der Waals surface area contributed by atoms with Gasteiger partial charge < -0.3 is 15.1 Å². The lowest BCUT2D eigenvalue weighted by molar-refractivity contribution is -0.137. The van der Waals surface area contributed by atoms with Gasteiger partial charge in [-0.15, -0.1) is 11.8 Å². The van der Waals surface area contributed by atoms with E-state index < -0.39 is 17.8 Å². The minimum atomic E-state index is -4.43. The van der Waals surface area contributed by atoms with Crippen molar-refractivity contribution in [3.8, 4) is 0 Å². The van der Waals surface area contributed by atoms with E-state index >= 15 is 0 Å². The summed E-state index contributed by atoms with van der Waals surface area (Å²) in [4.78, 5) is 28.1. The average molecular weight is 480 g/mol. The number of nitrogens with one attached hydrogen (secondary N) is 1. The summed E-state index contributed by atoms with van der Waals surface area (Å²) < 4.78 is 38.1. The van der Waals surface area contributed by atoms with Crippen molar-refractivity contribution in [3.05, 3.63) is 65.2 Å². The van der Waals surface area contributed by atoms with Crippen LogP contribution in [0.25, 0.3) is 0 Å². The fraction of sp³-hybridized carbons (Fsp3) is 0.417. The molecule has 0 spiro atoms. The molecule has 3 amide bonds. The van der Waals surface area contributed by atoms with Gasteiger partial charge in [0, 0.05) is 25.8 Å². The minimum absolute atomic E-state index is 0.0152. The molecule has 33 heavy (non-hydrogen) atoms. The minimum Gasteiger partial charge on any atom is -0.326 e. The molecule has 1 aliphatic heterocycles. The zero-order valence-electron chi connectivity index (χ0n) is 19.1. The van der Waals surface area contributed by atoms with Crippen molar-refractivity contribution in [1.29, 1.82) is 0 Å². The highest BCUT2D eigenvalue weighted by Gasteiger charge is 2.33. The zero-order valence-corrected chi connectivity index (χ0v) is 19.9. The maximum Gasteiger partial charge on any atom is 0.416 e. The van der Waals surface area contributed by atoms with Gasteiger partial charge in [0.25, 0.3) is 0 Å². The summed E-state index contributed by atoms with van der Waals surface area (Å²) in [7, 11) is 1.58. The Balaban J connectivity index is 1.59. The number of halogens is 3. The Morgan fingerprint density at radius 3 is 2.18 bits per heavy atom. The topological polar surface area (TPSA) is 52.7 Å². The molecule has 3 rings (SSSR count). The number of anilines is 1. The molecule has 2 aromatic rings. The smallest absolute Gasteiger partial charge is 0.326 e. The molecule has 1 unspecified atom stereocenters. The Labute approximate surface area is 196 Å². The fourth-order valence-corrected chi connectivity index (χ4v) is 4.66. The van der Waals surface area contributed by atoms with Crippen LogP contribution < -0.4 is 5.32 Å². The van der Waals surface area contributed by atoms with Gasteiger partial charge in [-0.05, 0) is 40.8 Å². The quantitative estimate of drug-likeness (QED) is 0.595. The molecule has 1 saturated heterocycles. The summed E-state index contributed by atoms with van der Waals surface area (Å²) in [5.74, 6) is 0.397. The molecular formula is C24H28F3N3O2S. The zero-order chi connectivity index (χ0) is 24.4. The number of hydrogen-bond acceptors (Lipinski definition) is 3. The molecule has 1 atom stereocenters. The van der Waals surface area contributed by atoms with E-state index in [9.17, 15) is 22.8 Å². The van der Waals surface area contributed by atoms with Gasteiger partial charge in [0.2, 0.25) is 5.91 Å². The van der Waals surface area contributed by atoms with Gasteiger partial charge in [0.15, 0.2) is 0 Å². The Hall–Kier alpha value is -2.68. The molecule has 1 heterocycles. The fourth-order valence-electron chi connectivity index (χ4n) is 3.44. The molecule has 0 saturated carbocycles. The van der Waals surface area contributed by atoms with Crippen molar-refractivity contribution < 1.29 is 22.8 Å². The molecule has 0 aromatic heterocycles. The summed E-state index contributed by atoms with van der Waals surface area (Å²) in [6, 6.07) is 12.1. The molecule has 178 valence electrons. The maximum absolute atomic E-state index is 12.7. The molecule has 1 N–H and O–H groups in total. The first-order chi connectivity index (χ1) is 15.4. The van der Waals surface area contributed by atoms with Crippen molar-refractivity contribution in [1.82, 2.24) is 9.80 Å². The first-order valence-electron chi connectivity index (χ1n) is 10.6. The van der Waals surface area contributed by atoms with Crippen molar-refractivity contribution in [2.45, 2.75) is 37.7 Å². The van der Waals surface area contributed by atoms with Crippen molar-refractivity contribution in [3.63, 3.8) is 0 Å². The second kappa shape index (κ2) is 9.67. The van der Waals surface area contributed by atoms with Gasteiger partial charge in [-0.1, -0.05) is 45.0 Å². The first kappa shape index (κ1) is 25.0. The van der Waals surface area contributed by atoms with Crippen LogP contribution in [0.2, 0.25) is 0 Å². The predicted octanol–water partition coefficient (Wildman–Crippen LogP) is 5.74. The van der Waals surface area contributed by atoms with E-state index in [0.29, 0.717) is 12.3 Å². The van der Waals surface area contributed by atoms with E-state index in [4.69, 9.17) is 0 Å². The molecule has 0 bridgehead atoms. The Morgan fingerprint density at radius 1 is 1.06 bits per heavy atom. The number of carbonyl (C=O) groups is 2. The molecule has 5 nitrogen and oxygen atoms in total. The average Bonchev–Trinajstić information content (AvgIpc) is 3.11. The lowest BCUT2D eigenvalue weighted by Gasteiger charge is -2.27. The third kappa shape index (κ3) is 6.22. The van der Waals surface area contributed by atoms with Crippen molar-refractivity contribution in [2.75, 3.05) is 31.2 Å². The molecule has 0 radical (unpaired) electrons. The van der Waals surface area contributed by atoms with E-state index in [1.165, 1.54) is 22.6 Å². The lowest BCUT2D eigenvalue weighted by Crippen LogP contribution is -2.39. The van der Waals surface area contributed by atoms with Crippen LogP contribution in [0.1, 0.15) is 42.8 Å². The molecule has 0 aliphatic carbocycles. The van der Waals surface area contributed by atoms with Gasteiger partial charge in [0.05, 0.1) is 11.3 Å². The van der Waals surface area contributed by atoms with Crippen LogP contribution in [0, 0.1) is 0 Å². The van der Waals surface area contributed by atoms with Gasteiger partial charge in [0.1, 0.15) is 5.37 Å². The monoisotopic (exact) mass is 479 g/mol. The number of thioether (sulfide) groups is 1. The summed E-state index contributed by atoms with van der Waals surface area (Å²) in [6.45, 7) is 7.08. The van der Waals surface area contributed by atoms with E-state index in [0.717, 1.165) is 17.7 Å². The number of urea groups is 1. The Kier molecular flexibility index (Phi) is 7.31. The highest BCUT2D eigenvalue weighted by molar-refractivity contribution is 8.00. The van der Waals surface area contributed by atoms with Crippen LogP contribution in [0.4, 0.5) is 23.7 Å². The van der Waals surface area contributed by atoms with Gasteiger partial charge in [-0.3, -0.25) is 4.79 Å². The molecular weight excluding hydrogens is 451 g/mol. The van der Waals surface area contributed by atoms with Crippen LogP contribution in [0.5, 0.6) is 0 Å². The SMILES string of the molecule is CN(CCN1C(=O)CSC1c1ccc(C(C)(C)C)cc1)C(=O)Nc1ccc(C(F)(F)F)cc1. The van der Waals surface area contributed by atoms with Crippen LogP contribution in [-0.4, -0.2) is 47.6 Å². The molecule has 9 heteroatoms. The first-order valence-corrected chi connectivity index (χ1v) is 11.6. The number of benzene rings is 2. The van der Waals surface area contributed by atoms with Gasteiger partial charge >= 0.3 is 12.2 Å². The van der Waals surface area contributed by atoms with E-state index in [1.54, 1.807) is 23.7 Å². The molecule has 1 aliphatic rings. The highest BCUT2D eigenvalue weighted by Crippen LogP contribution is 2.39. The number of amides is 3. The molecule has 1 fully saturated rings. The number of hydrogen-bond donors (Lipinski definition) is 1. The largest absolute Gasteiger partial charge is 0.416 e. The van der Waals surface area contributed by atoms with Crippen LogP contribution in [-0.2, 0) is 16.4 Å². The maximum atomic E-state index is 12.7. The summed E-state index contributed by atoms with van der Waals surface area (Å²) in [5.41, 5.74) is 1.78. The Morgan fingerprint density at radius 2 is 1.64 bits per heavy atom. The third-order valence-corrected chi connectivity index (χ3v) is 6.77. The highest BCUT2D eigenvalue weighted by atomic mass is 32.2. The van der Waals surface area contributed by atoms with E-state index in [2.05, 4.69) is 38.2 Å². The number of likely N-dealkylation sites (N-methyl/N-ethyl adjacent to an activating group) is 1. The number of nitrogens with zero attached hydrogens (tertiary/aromatic N) is 2. The molecule has 2 aromatic carbocycles. The van der Waals surface area contributed by atoms with Gasteiger partial charge in [-0.2, -0.15) is 13.2 Å². The van der Waals surface area contributed by atoms with Crippen LogP contribution >= 0.6 is 11.8 Å². The van der Waals surface area contributed by atoms with Crippen molar-refractivity contribution >= 4 is 29.4 Å². The van der Waals surface area contributed by atoms with Crippen molar-refractivity contribution in [2.24, 2.45) is 0 Å². The second-order valence-corrected chi connectivity index (χ2v) is 10.1. The van der Waals surface area contributed by atoms with E-state index in [-0.39, 0.29) is 28.9 Å². The second-order valence-electron chi connectivity index (χ2n) is 9.05. The lowest BCUT2D eigenvalue weighted by atomic mass is 9.87. The number of carbonyl (C=O) groups excluding carboxylic acids is 2. The summed E-state index contributed by atoms with van der Waals surface area (Å²) >= 11 is 1.56. The van der Waals surface area contributed by atoms with E-state index in [1.807, 2.05) is 12.1 Å². The number of alkyl halides is 3. The predicted molar refractivity (Wildman–Crippen MR) is 125 cm³/mol. The summed E-state index contributed by atoms with van der Waals surface area (Å²) in [5, 5.41) is 2.47.